The van der Waals surface area contributed by atoms with Crippen molar-refractivity contribution >= 4 is 0 Å². The van der Waals surface area contributed by atoms with Crippen molar-refractivity contribution in [3.8, 4) is 17.4 Å². The van der Waals surface area contributed by atoms with Crippen LogP contribution >= 0.6 is 0 Å². The van der Waals surface area contributed by atoms with Crippen molar-refractivity contribution in [1.29, 1.82) is 0 Å². The molecule has 0 atom stereocenters. The van der Waals surface area contributed by atoms with Gasteiger partial charge in [0.2, 0.25) is 17.8 Å². The molecular formula is C13H21O4. The Morgan fingerprint density at radius 1 is 0.882 bits per heavy atom. The van der Waals surface area contributed by atoms with Crippen LogP contribution in [-0.4, -0.2) is 19.8 Å². The summed E-state index contributed by atoms with van der Waals surface area (Å²) in [6.45, 7) is 7.94. The van der Waals surface area contributed by atoms with Crippen LogP contribution in [0.1, 0.15) is 40.0 Å². The van der Waals surface area contributed by atoms with Gasteiger partial charge < -0.3 is 18.6 Å². The zero-order valence-corrected chi connectivity index (χ0v) is 10.9. The number of furan rings is 1. The van der Waals surface area contributed by atoms with Crippen molar-refractivity contribution in [2.24, 2.45) is 0 Å². The molecule has 0 unspecified atom stereocenters. The van der Waals surface area contributed by atoms with Gasteiger partial charge in [0.15, 0.2) is 0 Å². The lowest BCUT2D eigenvalue weighted by molar-refractivity contribution is 0.214. The Labute approximate surface area is 103 Å². The molecule has 1 aromatic rings. The monoisotopic (exact) mass is 241 g/mol. The normalized spacial score (nSPS) is 10.3. The first-order valence-electron chi connectivity index (χ1n) is 6.26. The maximum atomic E-state index is 5.58. The quantitative estimate of drug-likeness (QED) is 0.664. The van der Waals surface area contributed by atoms with Gasteiger partial charge in [-0.05, 0) is 19.3 Å². The molecular weight excluding hydrogens is 220 g/mol. The van der Waals surface area contributed by atoms with Crippen LogP contribution < -0.4 is 14.2 Å². The van der Waals surface area contributed by atoms with Gasteiger partial charge in [-0.25, -0.2) is 0 Å². The van der Waals surface area contributed by atoms with E-state index in [1.165, 1.54) is 0 Å². The van der Waals surface area contributed by atoms with Crippen LogP contribution in [0.25, 0.3) is 0 Å². The summed E-state index contributed by atoms with van der Waals surface area (Å²) < 4.78 is 21.7. The van der Waals surface area contributed by atoms with Crippen molar-refractivity contribution in [2.45, 2.75) is 40.0 Å². The largest absolute Gasteiger partial charge is 0.486 e. The van der Waals surface area contributed by atoms with Crippen molar-refractivity contribution in [1.82, 2.24) is 0 Å². The number of hydrogen-bond acceptors (Lipinski definition) is 4. The lowest BCUT2D eigenvalue weighted by Crippen LogP contribution is -2.01. The van der Waals surface area contributed by atoms with Crippen LogP contribution in [-0.2, 0) is 0 Å². The summed E-state index contributed by atoms with van der Waals surface area (Å²) in [4.78, 5) is 0. The maximum absolute atomic E-state index is 5.58. The molecule has 0 spiro atoms. The summed E-state index contributed by atoms with van der Waals surface area (Å²) in [5.74, 6) is 1.41. The average Bonchev–Trinajstić information content (AvgIpc) is 2.73. The van der Waals surface area contributed by atoms with Gasteiger partial charge in [0.1, 0.15) is 0 Å². The summed E-state index contributed by atoms with van der Waals surface area (Å²) in [6.07, 6.45) is 5.45. The number of rotatable bonds is 9. The van der Waals surface area contributed by atoms with Gasteiger partial charge >= 0.3 is 5.95 Å². The molecule has 0 saturated carbocycles. The van der Waals surface area contributed by atoms with Crippen LogP contribution in [0, 0.1) is 6.26 Å². The number of hydrogen-bond donors (Lipinski definition) is 0. The Balaban J connectivity index is 2.70. The smallest absolute Gasteiger partial charge is 0.333 e. The Morgan fingerprint density at radius 2 is 1.47 bits per heavy atom. The topological polar surface area (TPSA) is 40.8 Å². The molecule has 0 aliphatic carbocycles. The minimum Gasteiger partial charge on any atom is -0.486 e. The van der Waals surface area contributed by atoms with E-state index < -0.39 is 0 Å². The fourth-order valence-corrected chi connectivity index (χ4v) is 1.20. The van der Waals surface area contributed by atoms with Gasteiger partial charge in [-0.1, -0.05) is 20.8 Å². The highest BCUT2D eigenvalue weighted by Crippen LogP contribution is 2.39. The van der Waals surface area contributed by atoms with Crippen LogP contribution in [0.5, 0.6) is 17.4 Å². The van der Waals surface area contributed by atoms with Crippen LogP contribution in [0.3, 0.4) is 0 Å². The molecule has 1 rings (SSSR count). The summed E-state index contributed by atoms with van der Waals surface area (Å²) in [7, 11) is 0. The van der Waals surface area contributed by atoms with Crippen LogP contribution in [0.2, 0.25) is 0 Å². The molecule has 0 aromatic carbocycles. The highest BCUT2D eigenvalue weighted by Gasteiger charge is 2.19. The maximum Gasteiger partial charge on any atom is 0.333 e. The van der Waals surface area contributed by atoms with Crippen molar-refractivity contribution in [2.75, 3.05) is 19.8 Å². The van der Waals surface area contributed by atoms with E-state index >= 15 is 0 Å². The molecule has 1 radical (unpaired) electrons. The number of ether oxygens (including phenoxy) is 3. The van der Waals surface area contributed by atoms with Gasteiger partial charge in [-0.3, -0.25) is 0 Å². The first-order chi connectivity index (χ1) is 8.33. The standard InChI is InChI=1S/C13H21O4/c1-4-7-14-11-10-17-13(16-9-6-3)12(11)15-8-5-2/h4-9H2,1-3H3. The molecule has 0 fully saturated rings. The van der Waals surface area contributed by atoms with Gasteiger partial charge in [0.05, 0.1) is 19.8 Å². The van der Waals surface area contributed by atoms with E-state index in [0.29, 0.717) is 37.3 Å². The van der Waals surface area contributed by atoms with E-state index in [0.717, 1.165) is 19.3 Å². The first-order valence-corrected chi connectivity index (χ1v) is 6.26. The third kappa shape index (κ3) is 4.21. The second kappa shape index (κ2) is 7.87. The third-order valence-corrected chi connectivity index (χ3v) is 1.97. The molecule has 4 nitrogen and oxygen atoms in total. The van der Waals surface area contributed by atoms with E-state index in [-0.39, 0.29) is 0 Å². The van der Waals surface area contributed by atoms with Crippen molar-refractivity contribution < 1.29 is 18.6 Å². The highest BCUT2D eigenvalue weighted by atomic mass is 16.6. The molecule has 0 amide bonds. The van der Waals surface area contributed by atoms with Gasteiger partial charge in [0, 0.05) is 0 Å². The zero-order valence-electron chi connectivity index (χ0n) is 10.9. The predicted octanol–water partition coefficient (Wildman–Crippen LogP) is 3.45. The highest BCUT2D eigenvalue weighted by molar-refractivity contribution is 5.44. The van der Waals surface area contributed by atoms with E-state index in [1.54, 1.807) is 0 Å². The van der Waals surface area contributed by atoms with Crippen molar-refractivity contribution in [3.05, 3.63) is 6.26 Å². The van der Waals surface area contributed by atoms with E-state index in [2.05, 4.69) is 6.26 Å². The summed E-state index contributed by atoms with van der Waals surface area (Å²) >= 11 is 0. The summed E-state index contributed by atoms with van der Waals surface area (Å²) in [5.41, 5.74) is 0. The summed E-state index contributed by atoms with van der Waals surface area (Å²) in [5, 5.41) is 0. The first kappa shape index (κ1) is 13.7. The minimum atomic E-state index is 0.367. The van der Waals surface area contributed by atoms with Gasteiger partial charge in [-0.2, -0.15) is 0 Å². The minimum absolute atomic E-state index is 0.367. The Hall–Kier alpha value is -1.32. The molecule has 1 aromatic heterocycles. The molecule has 0 aliphatic rings. The molecule has 4 heteroatoms. The van der Waals surface area contributed by atoms with Crippen LogP contribution in [0.4, 0.5) is 0 Å². The zero-order chi connectivity index (χ0) is 12.5. The Bertz CT molecular complexity index is 281. The molecule has 0 N–H and O–H groups in total. The Morgan fingerprint density at radius 3 is 2.12 bits per heavy atom. The molecule has 0 aliphatic heterocycles. The fourth-order valence-electron chi connectivity index (χ4n) is 1.20. The average molecular weight is 241 g/mol. The van der Waals surface area contributed by atoms with E-state index in [1.807, 2.05) is 20.8 Å². The summed E-state index contributed by atoms with van der Waals surface area (Å²) in [6, 6.07) is 0. The molecule has 1 heterocycles. The van der Waals surface area contributed by atoms with Gasteiger partial charge in [-0.15, -0.1) is 0 Å². The molecule has 0 bridgehead atoms. The lowest BCUT2D eigenvalue weighted by atomic mass is 10.4. The van der Waals surface area contributed by atoms with Crippen molar-refractivity contribution in [3.63, 3.8) is 0 Å². The van der Waals surface area contributed by atoms with E-state index in [9.17, 15) is 0 Å². The molecule has 17 heavy (non-hydrogen) atoms. The SMILES string of the molecule is CCCOc1[c]oc(OCCC)c1OCCC. The second-order valence-corrected chi connectivity index (χ2v) is 3.70. The predicted molar refractivity (Wildman–Crippen MR) is 64.9 cm³/mol. The lowest BCUT2D eigenvalue weighted by Gasteiger charge is -2.08. The van der Waals surface area contributed by atoms with Gasteiger partial charge in [0.25, 0.3) is 0 Å². The second-order valence-electron chi connectivity index (χ2n) is 3.70. The Kier molecular flexibility index (Phi) is 6.37. The molecule has 0 saturated heterocycles. The fraction of sp³-hybridized carbons (Fsp3) is 0.692. The van der Waals surface area contributed by atoms with Crippen LogP contribution in [0.15, 0.2) is 4.42 Å². The van der Waals surface area contributed by atoms with E-state index in [4.69, 9.17) is 18.6 Å². The molecule has 97 valence electrons. The third-order valence-electron chi connectivity index (χ3n) is 1.97.